The number of hydrogen-bond acceptors (Lipinski definition) is 1. The molecule has 0 bridgehead atoms. The summed E-state index contributed by atoms with van der Waals surface area (Å²) in [6.45, 7) is 6.94. The molecule has 0 aliphatic carbocycles. The van der Waals surface area contributed by atoms with Crippen molar-refractivity contribution in [2.45, 2.75) is 24.5 Å². The molecule has 1 aromatic rings. The maximum Gasteiger partial charge on any atom is 0.103 e. The SMILES string of the molecule is [2H]SC(c1ccccc1)[Si](C)(C)C. The van der Waals surface area contributed by atoms with Gasteiger partial charge in [0.15, 0.2) is 0 Å². The normalized spacial score (nSPS) is 15.4. The van der Waals surface area contributed by atoms with Crippen LogP contribution in [0.1, 0.15) is 10.4 Å². The largest absolute Gasteiger partial charge is 0.174 e. The van der Waals surface area contributed by atoms with E-state index in [4.69, 9.17) is 1.12 Å². The summed E-state index contributed by atoms with van der Waals surface area (Å²) in [5.74, 6) is 0. The zero-order chi connectivity index (χ0) is 9.90. The first-order valence-electron chi connectivity index (χ1n) is 4.63. The van der Waals surface area contributed by atoms with Crippen molar-refractivity contribution in [3.63, 3.8) is 0 Å². The van der Waals surface area contributed by atoms with E-state index in [0.717, 1.165) is 0 Å². The number of thiol groups is 1. The molecule has 0 aliphatic rings. The molecule has 0 aliphatic heterocycles. The molecular formula is C10H16SSi. The zero-order valence-electron chi connectivity index (χ0n) is 8.87. The molecule has 0 radical (unpaired) electrons. The lowest BCUT2D eigenvalue weighted by Gasteiger charge is -2.24. The molecule has 1 aromatic carbocycles. The predicted molar refractivity (Wildman–Crippen MR) is 61.5 cm³/mol. The standard InChI is InChI=1S/C10H16SSi/c1-12(2,3)10(11)9-7-5-4-6-8-9/h4-8,10-11H,1-3H3/i/hD. The minimum atomic E-state index is -1.25. The summed E-state index contributed by atoms with van der Waals surface area (Å²) in [6.07, 6.45) is 0. The quantitative estimate of drug-likeness (QED) is 0.556. The molecule has 0 saturated carbocycles. The van der Waals surface area contributed by atoms with E-state index >= 15 is 0 Å². The summed E-state index contributed by atoms with van der Waals surface area (Å²) in [5.41, 5.74) is 1.31. The Bertz CT molecular complexity index is 255. The lowest BCUT2D eigenvalue weighted by Crippen LogP contribution is -2.27. The lowest BCUT2D eigenvalue weighted by atomic mass is 10.2. The lowest BCUT2D eigenvalue weighted by molar-refractivity contribution is 1.28. The third-order valence-corrected chi connectivity index (χ3v) is 6.19. The Hall–Kier alpha value is -0.213. The van der Waals surface area contributed by atoms with Crippen molar-refractivity contribution in [3.8, 4) is 0 Å². The highest BCUT2D eigenvalue weighted by molar-refractivity contribution is 7.82. The molecule has 0 N–H and O–H groups in total. The van der Waals surface area contributed by atoms with Crippen molar-refractivity contribution in [1.82, 2.24) is 0 Å². The predicted octanol–water partition coefficient (Wildman–Crippen LogP) is 3.53. The molecule has 66 valence electrons. The second-order valence-electron chi connectivity index (χ2n) is 4.16. The van der Waals surface area contributed by atoms with E-state index in [2.05, 4.69) is 43.9 Å². The van der Waals surface area contributed by atoms with E-state index in [0.29, 0.717) is 4.87 Å². The maximum absolute atomic E-state index is 7.50. The van der Waals surface area contributed by atoms with Crippen LogP contribution in [0.25, 0.3) is 0 Å². The monoisotopic (exact) mass is 197 g/mol. The minimum Gasteiger partial charge on any atom is -0.174 e. The van der Waals surface area contributed by atoms with Gasteiger partial charge >= 0.3 is 0 Å². The molecule has 1 rings (SSSR count). The van der Waals surface area contributed by atoms with Gasteiger partial charge in [-0.2, -0.15) is 12.5 Å². The van der Waals surface area contributed by atoms with Crippen molar-refractivity contribution in [3.05, 3.63) is 35.9 Å². The van der Waals surface area contributed by atoms with Gasteiger partial charge in [-0.05, 0) is 5.56 Å². The zero-order valence-corrected chi connectivity index (χ0v) is 9.69. The molecule has 1 unspecified atom stereocenters. The Morgan fingerprint density at radius 2 is 1.83 bits per heavy atom. The van der Waals surface area contributed by atoms with Crippen LogP contribution in [0, 0.1) is 0 Å². The van der Waals surface area contributed by atoms with Gasteiger partial charge in [-0.15, -0.1) is 0 Å². The molecular weight excluding hydrogens is 180 g/mol. The summed E-state index contributed by atoms with van der Waals surface area (Å²) in [5, 5.41) is 0. The molecule has 2 heteroatoms. The van der Waals surface area contributed by atoms with Crippen LogP contribution in [0.5, 0.6) is 0 Å². The number of rotatable bonds is 3. The van der Waals surface area contributed by atoms with Gasteiger partial charge in [-0.1, -0.05) is 50.0 Å². The first-order valence-corrected chi connectivity index (χ1v) is 8.27. The molecule has 0 fully saturated rings. The molecule has 1 atom stereocenters. The molecule has 0 spiro atoms. The van der Waals surface area contributed by atoms with Crippen LogP contribution in [0.2, 0.25) is 19.6 Å². The van der Waals surface area contributed by atoms with Gasteiger partial charge in [-0.3, -0.25) is 0 Å². The molecule has 0 nitrogen and oxygen atoms in total. The van der Waals surface area contributed by atoms with Crippen LogP contribution < -0.4 is 0 Å². The van der Waals surface area contributed by atoms with Crippen molar-refractivity contribution >= 4 is 20.6 Å². The van der Waals surface area contributed by atoms with Gasteiger partial charge in [0.05, 0.1) is 8.07 Å². The average molecular weight is 197 g/mol. The fourth-order valence-corrected chi connectivity index (χ4v) is 2.48. The smallest absolute Gasteiger partial charge is 0.103 e. The van der Waals surface area contributed by atoms with E-state index in [-0.39, 0.29) is 0 Å². The van der Waals surface area contributed by atoms with Crippen LogP contribution >= 0.6 is 12.5 Å². The molecule has 0 saturated heterocycles. The summed E-state index contributed by atoms with van der Waals surface area (Å²) in [4.78, 5) is 0.397. The third kappa shape index (κ3) is 2.39. The summed E-state index contributed by atoms with van der Waals surface area (Å²) in [7, 11) is -1.25. The van der Waals surface area contributed by atoms with Gasteiger partial charge in [0.1, 0.15) is 1.12 Å². The van der Waals surface area contributed by atoms with Crippen molar-refractivity contribution < 1.29 is 0 Å². The second-order valence-corrected chi connectivity index (χ2v) is 10.4. The molecule has 0 aromatic heterocycles. The fraction of sp³-hybridized carbons (Fsp3) is 0.400. The Morgan fingerprint density at radius 3 is 2.25 bits per heavy atom. The minimum absolute atomic E-state index is 0.397. The number of benzene rings is 1. The van der Waals surface area contributed by atoms with E-state index in [9.17, 15) is 0 Å². The fourth-order valence-electron chi connectivity index (χ4n) is 1.13. The highest BCUT2D eigenvalue weighted by atomic mass is 32.1. The van der Waals surface area contributed by atoms with Crippen LogP contribution in [0.4, 0.5) is 0 Å². The molecule has 0 heterocycles. The maximum atomic E-state index is 7.50. The molecule has 12 heavy (non-hydrogen) atoms. The Labute approximate surface area is 82.5 Å². The Morgan fingerprint density at radius 1 is 1.25 bits per heavy atom. The average Bonchev–Trinajstić information content (AvgIpc) is 2.05. The first-order chi connectivity index (χ1) is 6.05. The van der Waals surface area contributed by atoms with Gasteiger partial charge in [-0.25, -0.2) is 0 Å². The van der Waals surface area contributed by atoms with Gasteiger partial charge < -0.3 is 0 Å². The van der Waals surface area contributed by atoms with Crippen molar-refractivity contribution in [2.24, 2.45) is 0 Å². The van der Waals surface area contributed by atoms with Crippen LogP contribution in [0.15, 0.2) is 30.3 Å². The van der Waals surface area contributed by atoms with E-state index in [1.807, 2.05) is 6.07 Å². The van der Waals surface area contributed by atoms with E-state index in [1.54, 1.807) is 0 Å². The first kappa shape index (κ1) is 8.39. The van der Waals surface area contributed by atoms with Crippen LogP contribution in [-0.4, -0.2) is 9.20 Å². The summed E-state index contributed by atoms with van der Waals surface area (Å²) >= 11 is 1.24. The van der Waals surface area contributed by atoms with Gasteiger partial charge in [0.2, 0.25) is 0 Å². The topological polar surface area (TPSA) is 0 Å². The Balaban J connectivity index is 2.92. The van der Waals surface area contributed by atoms with Crippen LogP contribution in [0.3, 0.4) is 0 Å². The Kier molecular flexibility index (Phi) is 2.56. The van der Waals surface area contributed by atoms with Crippen molar-refractivity contribution in [2.75, 3.05) is 0 Å². The third-order valence-electron chi connectivity index (χ3n) is 1.89. The summed E-state index contributed by atoms with van der Waals surface area (Å²) < 4.78 is 7.50. The highest BCUT2D eigenvalue weighted by Crippen LogP contribution is 2.29. The number of hydrogen-bond donors (Lipinski definition) is 1. The van der Waals surface area contributed by atoms with Crippen molar-refractivity contribution in [1.29, 1.82) is 1.12 Å². The van der Waals surface area contributed by atoms with Gasteiger partial charge in [0, 0.05) is 4.87 Å². The highest BCUT2D eigenvalue weighted by Gasteiger charge is 2.24. The van der Waals surface area contributed by atoms with E-state index in [1.165, 1.54) is 18.1 Å². The molecule has 0 amide bonds. The van der Waals surface area contributed by atoms with E-state index < -0.39 is 8.07 Å². The van der Waals surface area contributed by atoms with Gasteiger partial charge in [0.25, 0.3) is 0 Å². The second kappa shape index (κ2) is 3.67. The van der Waals surface area contributed by atoms with Crippen LogP contribution in [-0.2, 0) is 0 Å². The summed E-state index contributed by atoms with van der Waals surface area (Å²) in [6, 6.07) is 10.4.